The Hall–Kier alpha value is -4.46. The fourth-order valence-corrected chi connectivity index (χ4v) is 4.52. The number of amides is 2. The standard InChI is InChI=1S/C32H31Cl2N5O2/c1-4-18(2)30(22-9-14-27(25(33)17-22)38-31(40)20-5-10-23(35)11-6-20)37-26-15-16-28(29(34)19(26)3)39-32(41)21-7-12-24(36)13-8-21/h5-17,37H,4,35-36H2,1-3H3,(H,38,40)(H,39,41). The van der Waals surface area contributed by atoms with Crippen LogP contribution in [0.3, 0.4) is 0 Å². The number of nitrogen functional groups attached to an aromatic ring is 2. The molecule has 0 bridgehead atoms. The molecule has 7 N–H and O–H groups in total. The van der Waals surface area contributed by atoms with Gasteiger partial charge in [0.2, 0.25) is 0 Å². The van der Waals surface area contributed by atoms with E-state index in [4.69, 9.17) is 34.7 Å². The molecule has 0 spiro atoms. The summed E-state index contributed by atoms with van der Waals surface area (Å²) in [5.74, 6) is -0.570. The molecular weight excluding hydrogens is 557 g/mol. The van der Waals surface area contributed by atoms with E-state index in [2.05, 4.69) is 22.9 Å². The average molecular weight is 589 g/mol. The van der Waals surface area contributed by atoms with Crippen LogP contribution in [0.4, 0.5) is 28.4 Å². The molecule has 0 aromatic heterocycles. The van der Waals surface area contributed by atoms with Crippen LogP contribution in [0.2, 0.25) is 10.0 Å². The minimum atomic E-state index is -0.285. The van der Waals surface area contributed by atoms with E-state index < -0.39 is 0 Å². The number of hydrogen-bond donors (Lipinski definition) is 5. The molecule has 9 heteroatoms. The number of rotatable bonds is 8. The molecule has 0 saturated heterocycles. The van der Waals surface area contributed by atoms with Crippen molar-refractivity contribution in [2.24, 2.45) is 0 Å². The van der Waals surface area contributed by atoms with Crippen LogP contribution in [0, 0.1) is 6.92 Å². The number of carbonyl (C=O) groups excluding carboxylic acids is 2. The molecule has 0 aliphatic rings. The van der Waals surface area contributed by atoms with E-state index in [0.717, 1.165) is 34.5 Å². The molecule has 7 nitrogen and oxygen atoms in total. The van der Waals surface area contributed by atoms with Gasteiger partial charge in [-0.2, -0.15) is 0 Å². The zero-order chi connectivity index (χ0) is 29.7. The molecule has 0 radical (unpaired) electrons. The second-order valence-electron chi connectivity index (χ2n) is 9.58. The topological polar surface area (TPSA) is 122 Å². The Morgan fingerprint density at radius 2 is 1.15 bits per heavy atom. The molecule has 0 saturated carbocycles. The molecule has 0 fully saturated rings. The summed E-state index contributed by atoms with van der Waals surface area (Å²) in [4.78, 5) is 25.4. The molecule has 2 amide bonds. The van der Waals surface area contributed by atoms with Crippen LogP contribution in [-0.2, 0) is 0 Å². The number of benzene rings is 4. The first-order valence-corrected chi connectivity index (χ1v) is 13.7. The summed E-state index contributed by atoms with van der Waals surface area (Å²) in [6, 6.07) is 22.4. The van der Waals surface area contributed by atoms with E-state index in [1.54, 1.807) is 66.7 Å². The minimum absolute atomic E-state index is 0.285. The summed E-state index contributed by atoms with van der Waals surface area (Å²) in [7, 11) is 0. The third-order valence-electron chi connectivity index (χ3n) is 6.70. The third-order valence-corrected chi connectivity index (χ3v) is 7.50. The highest BCUT2D eigenvalue weighted by Crippen LogP contribution is 2.35. The van der Waals surface area contributed by atoms with Crippen LogP contribution in [0.1, 0.15) is 52.1 Å². The molecule has 4 aromatic carbocycles. The quantitative estimate of drug-likeness (QED) is 0.133. The lowest BCUT2D eigenvalue weighted by Gasteiger charge is -2.19. The van der Waals surface area contributed by atoms with Gasteiger partial charge in [-0.25, -0.2) is 0 Å². The SMILES string of the molecule is CCC(C)=C(Nc1ccc(NC(=O)c2ccc(N)cc2)c(Cl)c1C)c1ccc(NC(=O)c2ccc(N)cc2)c(Cl)c1. The molecule has 0 unspecified atom stereocenters. The maximum Gasteiger partial charge on any atom is 0.255 e. The van der Waals surface area contributed by atoms with Crippen molar-refractivity contribution in [2.45, 2.75) is 27.2 Å². The number of carbonyl (C=O) groups is 2. The third kappa shape index (κ3) is 7.01. The van der Waals surface area contributed by atoms with E-state index in [0.29, 0.717) is 43.9 Å². The van der Waals surface area contributed by atoms with Crippen molar-refractivity contribution in [1.29, 1.82) is 0 Å². The van der Waals surface area contributed by atoms with Gasteiger partial charge in [0, 0.05) is 33.9 Å². The van der Waals surface area contributed by atoms with E-state index in [1.807, 2.05) is 26.0 Å². The Kier molecular flexibility index (Phi) is 9.22. The fourth-order valence-electron chi connectivity index (χ4n) is 4.08. The summed E-state index contributed by atoms with van der Waals surface area (Å²) in [5.41, 5.74) is 18.9. The van der Waals surface area contributed by atoms with Gasteiger partial charge in [-0.1, -0.05) is 36.2 Å². The van der Waals surface area contributed by atoms with Crippen LogP contribution in [-0.4, -0.2) is 11.8 Å². The van der Waals surface area contributed by atoms with Crippen LogP contribution >= 0.6 is 23.2 Å². The maximum absolute atomic E-state index is 12.7. The van der Waals surface area contributed by atoms with Gasteiger partial charge in [-0.3, -0.25) is 9.59 Å². The van der Waals surface area contributed by atoms with Crippen molar-refractivity contribution >= 4 is 69.2 Å². The predicted octanol–water partition coefficient (Wildman–Crippen LogP) is 8.22. The van der Waals surface area contributed by atoms with Gasteiger partial charge in [0.05, 0.1) is 21.4 Å². The highest BCUT2D eigenvalue weighted by molar-refractivity contribution is 6.35. The molecule has 210 valence electrons. The maximum atomic E-state index is 12.7. The van der Waals surface area contributed by atoms with Crippen LogP contribution < -0.4 is 27.4 Å². The number of halogens is 2. The molecule has 4 aromatic rings. The first-order valence-electron chi connectivity index (χ1n) is 13.0. The number of hydrogen-bond acceptors (Lipinski definition) is 5. The van der Waals surface area contributed by atoms with Gasteiger partial charge < -0.3 is 27.4 Å². The molecule has 4 rings (SSSR count). The zero-order valence-electron chi connectivity index (χ0n) is 22.9. The van der Waals surface area contributed by atoms with Gasteiger partial charge in [0.25, 0.3) is 11.8 Å². The van der Waals surface area contributed by atoms with Crippen molar-refractivity contribution in [3.05, 3.63) is 117 Å². The van der Waals surface area contributed by atoms with Crippen molar-refractivity contribution in [1.82, 2.24) is 0 Å². The number of nitrogens with two attached hydrogens (primary N) is 2. The van der Waals surface area contributed by atoms with E-state index >= 15 is 0 Å². The van der Waals surface area contributed by atoms with Gasteiger partial charge in [0.1, 0.15) is 0 Å². The Bertz CT molecular complexity index is 1630. The minimum Gasteiger partial charge on any atom is -0.399 e. The zero-order valence-corrected chi connectivity index (χ0v) is 24.5. The average Bonchev–Trinajstić information content (AvgIpc) is 2.96. The van der Waals surface area contributed by atoms with Gasteiger partial charge in [-0.15, -0.1) is 0 Å². The summed E-state index contributed by atoms with van der Waals surface area (Å²) in [5, 5.41) is 10.0. The molecule has 0 heterocycles. The second kappa shape index (κ2) is 12.8. The van der Waals surface area contributed by atoms with Crippen LogP contribution in [0.25, 0.3) is 5.70 Å². The number of anilines is 5. The van der Waals surface area contributed by atoms with Gasteiger partial charge in [-0.05, 0) is 110 Å². The number of nitrogens with one attached hydrogen (secondary N) is 3. The summed E-state index contributed by atoms with van der Waals surface area (Å²) < 4.78 is 0. The van der Waals surface area contributed by atoms with Gasteiger partial charge in [0.15, 0.2) is 0 Å². The van der Waals surface area contributed by atoms with Crippen molar-refractivity contribution in [3.63, 3.8) is 0 Å². The van der Waals surface area contributed by atoms with E-state index in [1.165, 1.54) is 0 Å². The fraction of sp³-hybridized carbons (Fsp3) is 0.125. The molecular formula is C32H31Cl2N5O2. The Labute approximate surface area is 249 Å². The molecule has 41 heavy (non-hydrogen) atoms. The lowest BCUT2D eigenvalue weighted by molar-refractivity contribution is 0.101. The summed E-state index contributed by atoms with van der Waals surface area (Å²) >= 11 is 13.3. The monoisotopic (exact) mass is 587 g/mol. The number of allylic oxidation sites excluding steroid dienone is 1. The van der Waals surface area contributed by atoms with Gasteiger partial charge >= 0.3 is 0 Å². The lowest BCUT2D eigenvalue weighted by atomic mass is 10.0. The van der Waals surface area contributed by atoms with Crippen LogP contribution in [0.15, 0.2) is 84.4 Å². The first kappa shape index (κ1) is 29.5. The smallest absolute Gasteiger partial charge is 0.255 e. The Balaban J connectivity index is 1.55. The second-order valence-corrected chi connectivity index (χ2v) is 10.4. The van der Waals surface area contributed by atoms with Crippen molar-refractivity contribution in [2.75, 3.05) is 27.4 Å². The molecule has 0 aliphatic carbocycles. The van der Waals surface area contributed by atoms with Crippen LogP contribution in [0.5, 0.6) is 0 Å². The largest absolute Gasteiger partial charge is 0.399 e. The van der Waals surface area contributed by atoms with E-state index in [-0.39, 0.29) is 11.8 Å². The highest BCUT2D eigenvalue weighted by Gasteiger charge is 2.16. The summed E-state index contributed by atoms with van der Waals surface area (Å²) in [6.45, 7) is 5.98. The predicted molar refractivity (Wildman–Crippen MR) is 172 cm³/mol. The Morgan fingerprint density at radius 3 is 1.66 bits per heavy atom. The van der Waals surface area contributed by atoms with Crippen molar-refractivity contribution in [3.8, 4) is 0 Å². The first-order chi connectivity index (χ1) is 19.6. The Morgan fingerprint density at radius 1 is 0.683 bits per heavy atom. The highest BCUT2D eigenvalue weighted by atomic mass is 35.5. The lowest BCUT2D eigenvalue weighted by Crippen LogP contribution is -2.13. The molecule has 0 atom stereocenters. The normalized spacial score (nSPS) is 11.4. The van der Waals surface area contributed by atoms with E-state index in [9.17, 15) is 9.59 Å². The summed E-state index contributed by atoms with van der Waals surface area (Å²) in [6.07, 6.45) is 0.790. The molecule has 0 aliphatic heterocycles. The van der Waals surface area contributed by atoms with Crippen molar-refractivity contribution < 1.29 is 9.59 Å².